The number of benzene rings is 2. The number of phenolic OH excluding ortho intramolecular Hbond substituents is 1. The molecule has 2 heterocycles. The number of oxime groups is 1. The van der Waals surface area contributed by atoms with E-state index < -0.39 is 78.0 Å². The molecule has 2 aromatic carbocycles. The van der Waals surface area contributed by atoms with Crippen LogP contribution in [-0.2, 0) is 56.3 Å². The highest BCUT2D eigenvalue weighted by Crippen LogP contribution is 2.25. The van der Waals surface area contributed by atoms with E-state index in [0.29, 0.717) is 31.0 Å². The number of carbonyl (C=O) groups is 7. The van der Waals surface area contributed by atoms with Gasteiger partial charge < -0.3 is 51.7 Å². The van der Waals surface area contributed by atoms with Gasteiger partial charge in [0.1, 0.15) is 54.5 Å². The predicted molar refractivity (Wildman–Crippen MR) is 230 cm³/mol. The number of phenols is 1. The highest BCUT2D eigenvalue weighted by atomic mass is 32.2. The first-order chi connectivity index (χ1) is 29.2. The molecular formula is C41H55N7O11S2. The maximum Gasteiger partial charge on any atom is 0.305 e. The number of carboxylic acids is 1. The SMILES string of the molecule is CSCc1cc2cc(c1)OCCCCCCO/N=C/C(=O)N[C@@H](C)C(=O)N[C@H](C(=O)N[C@@H](Cc1ccc(O)cc1)C(=O)N1CCC[C@H]1C(=O)N[C@@H](CC(=O)O)C(N)=O)CSC2. The molecule has 8 N–H and O–H groups in total. The molecule has 0 aromatic heterocycles. The second kappa shape index (κ2) is 24.7. The van der Waals surface area contributed by atoms with Crippen LogP contribution in [0.25, 0.3) is 0 Å². The number of carboxylic acid groups (broad SMARTS) is 1. The van der Waals surface area contributed by atoms with Crippen molar-refractivity contribution in [2.75, 3.05) is 31.8 Å². The third-order valence-corrected chi connectivity index (χ3v) is 11.5. The molecule has 2 bridgehead atoms. The van der Waals surface area contributed by atoms with Crippen LogP contribution in [0, 0.1) is 0 Å². The van der Waals surface area contributed by atoms with E-state index in [1.54, 1.807) is 23.9 Å². The molecule has 6 amide bonds. The number of primary amides is 1. The molecule has 18 nitrogen and oxygen atoms in total. The number of thioether (sulfide) groups is 2. The lowest BCUT2D eigenvalue weighted by Crippen LogP contribution is -2.59. The first kappa shape index (κ1) is 48.2. The van der Waals surface area contributed by atoms with Crippen molar-refractivity contribution in [3.63, 3.8) is 0 Å². The van der Waals surface area contributed by atoms with Crippen LogP contribution < -0.4 is 31.7 Å². The van der Waals surface area contributed by atoms with Crippen molar-refractivity contribution in [3.05, 3.63) is 59.2 Å². The molecule has 1 saturated heterocycles. The fourth-order valence-electron chi connectivity index (χ4n) is 6.69. The Morgan fingerprint density at radius 3 is 2.39 bits per heavy atom. The van der Waals surface area contributed by atoms with E-state index in [-0.39, 0.29) is 30.9 Å². The molecule has 5 atom stereocenters. The summed E-state index contributed by atoms with van der Waals surface area (Å²) in [6.07, 6.45) is 6.05. The zero-order valence-corrected chi connectivity index (χ0v) is 35.9. The van der Waals surface area contributed by atoms with E-state index >= 15 is 0 Å². The number of aromatic hydroxyl groups is 1. The summed E-state index contributed by atoms with van der Waals surface area (Å²) in [4.78, 5) is 97.9. The quantitative estimate of drug-likeness (QED) is 0.160. The molecular weight excluding hydrogens is 831 g/mol. The minimum absolute atomic E-state index is 0.0241. The van der Waals surface area contributed by atoms with Gasteiger partial charge in [-0.25, -0.2) is 0 Å². The highest BCUT2D eigenvalue weighted by Gasteiger charge is 2.40. The molecule has 332 valence electrons. The average molecular weight is 886 g/mol. The van der Waals surface area contributed by atoms with Gasteiger partial charge in [0.15, 0.2) is 0 Å². The van der Waals surface area contributed by atoms with E-state index in [4.69, 9.17) is 15.3 Å². The van der Waals surface area contributed by atoms with E-state index in [9.17, 15) is 43.8 Å². The minimum atomic E-state index is -1.52. The number of hydrogen-bond acceptors (Lipinski definition) is 13. The predicted octanol–water partition coefficient (Wildman–Crippen LogP) is 1.60. The Morgan fingerprint density at radius 1 is 0.967 bits per heavy atom. The first-order valence-electron chi connectivity index (χ1n) is 20.0. The number of amides is 6. The number of nitrogens with zero attached hydrogens (tertiary/aromatic N) is 2. The van der Waals surface area contributed by atoms with Crippen LogP contribution in [0.4, 0.5) is 0 Å². The van der Waals surface area contributed by atoms with Crippen molar-refractivity contribution in [3.8, 4) is 11.5 Å². The Hall–Kier alpha value is -5.50. The summed E-state index contributed by atoms with van der Waals surface area (Å²) in [7, 11) is 0. The molecule has 0 unspecified atom stereocenters. The van der Waals surface area contributed by atoms with Gasteiger partial charge in [0.25, 0.3) is 5.91 Å². The van der Waals surface area contributed by atoms with Gasteiger partial charge in [-0.05, 0) is 92.7 Å². The Bertz CT molecular complexity index is 1880. The Morgan fingerprint density at radius 2 is 1.69 bits per heavy atom. The summed E-state index contributed by atoms with van der Waals surface area (Å²) in [6.45, 7) is 2.38. The number of fused-ring (bicyclic) bond motifs is 2. The van der Waals surface area contributed by atoms with Crippen molar-refractivity contribution in [2.24, 2.45) is 10.9 Å². The zero-order chi connectivity index (χ0) is 44.3. The maximum absolute atomic E-state index is 14.4. The maximum atomic E-state index is 14.4. The van der Waals surface area contributed by atoms with Crippen LogP contribution in [-0.4, -0.2) is 125 Å². The van der Waals surface area contributed by atoms with Gasteiger partial charge >= 0.3 is 5.97 Å². The highest BCUT2D eigenvalue weighted by molar-refractivity contribution is 7.98. The molecule has 0 aliphatic carbocycles. The van der Waals surface area contributed by atoms with Crippen molar-refractivity contribution in [2.45, 2.75) is 100 Å². The first-order valence-corrected chi connectivity index (χ1v) is 22.6. The molecule has 4 rings (SSSR count). The Balaban J connectivity index is 1.61. The van der Waals surface area contributed by atoms with Crippen molar-refractivity contribution >= 4 is 71.2 Å². The average Bonchev–Trinajstić information content (AvgIpc) is 3.71. The topological polar surface area (TPSA) is 268 Å². The van der Waals surface area contributed by atoms with Crippen LogP contribution in [0.5, 0.6) is 11.5 Å². The third kappa shape index (κ3) is 16.1. The lowest BCUT2D eigenvalue weighted by Gasteiger charge is -2.30. The summed E-state index contributed by atoms with van der Waals surface area (Å²) in [5, 5.41) is 33.2. The number of nitrogens with one attached hydrogen (secondary N) is 4. The molecule has 2 aliphatic heterocycles. The summed E-state index contributed by atoms with van der Waals surface area (Å²) in [5.41, 5.74) is 7.90. The van der Waals surface area contributed by atoms with Crippen LogP contribution in [0.1, 0.15) is 68.6 Å². The number of likely N-dealkylation sites (tertiary alicyclic amines) is 1. The van der Waals surface area contributed by atoms with Crippen LogP contribution in [0.2, 0.25) is 0 Å². The lowest BCUT2D eigenvalue weighted by molar-refractivity contribution is -0.143. The molecule has 0 saturated carbocycles. The number of rotatable bonds is 12. The van der Waals surface area contributed by atoms with Crippen molar-refractivity contribution in [1.82, 2.24) is 26.2 Å². The van der Waals surface area contributed by atoms with Crippen LogP contribution in [0.3, 0.4) is 0 Å². The van der Waals surface area contributed by atoms with Crippen LogP contribution in [0.15, 0.2) is 47.6 Å². The second-order valence-electron chi connectivity index (χ2n) is 14.7. The molecule has 2 aromatic rings. The second-order valence-corrected chi connectivity index (χ2v) is 16.6. The molecule has 0 spiro atoms. The van der Waals surface area contributed by atoms with Gasteiger partial charge in [-0.2, -0.15) is 23.5 Å². The van der Waals surface area contributed by atoms with Gasteiger partial charge in [-0.1, -0.05) is 23.4 Å². The Labute approximate surface area is 362 Å². The van der Waals surface area contributed by atoms with Crippen molar-refractivity contribution in [1.29, 1.82) is 0 Å². The van der Waals surface area contributed by atoms with Gasteiger partial charge in [-0.15, -0.1) is 0 Å². The number of ether oxygens (including phenoxy) is 1. The fraction of sp³-hybridized carbons (Fsp3) is 0.512. The van der Waals surface area contributed by atoms with Gasteiger partial charge in [0.2, 0.25) is 29.5 Å². The number of hydrogen-bond donors (Lipinski definition) is 7. The number of nitrogens with two attached hydrogens (primary N) is 1. The molecule has 20 heteroatoms. The Kier molecular flexibility index (Phi) is 19.5. The molecule has 61 heavy (non-hydrogen) atoms. The van der Waals surface area contributed by atoms with Gasteiger partial charge in [0, 0.05) is 30.2 Å². The summed E-state index contributed by atoms with van der Waals surface area (Å²) >= 11 is 3.03. The van der Waals surface area contributed by atoms with E-state index in [1.807, 2.05) is 18.4 Å². The number of aliphatic carboxylic acids is 1. The molecule has 1 fully saturated rings. The van der Waals surface area contributed by atoms with E-state index in [0.717, 1.165) is 54.5 Å². The summed E-state index contributed by atoms with van der Waals surface area (Å²) < 4.78 is 6.12. The standard InChI is InChI=1S/C41H55N7O11S2/c1-25-38(54)47-33(24-61-23-28-16-27(22-60-2)17-30(18-28)58-14-5-3-4-6-15-59-43-21-35(50)44-25)39(55)46-32(19-26-9-11-29(49)12-10-26)41(57)48-13-7-8-34(48)40(56)45-31(37(42)53)20-36(51)52/h9-12,16-18,21,25,31-34,49H,3-8,13-15,19-20,22-24H2,1-2H3,(H2,42,53)(H,44,50)(H,45,56)(H,46,55)(H,47,54)(H,51,52)/b43-21+/t25-,31-,32-,33-,34-/m0/s1. The van der Waals surface area contributed by atoms with E-state index in [2.05, 4.69) is 32.5 Å². The number of carbonyl (C=O) groups excluding carboxylic acids is 6. The van der Waals surface area contributed by atoms with Crippen molar-refractivity contribution < 1.29 is 53.3 Å². The van der Waals surface area contributed by atoms with Gasteiger partial charge in [-0.3, -0.25) is 33.6 Å². The molecule has 2 aliphatic rings. The zero-order valence-electron chi connectivity index (χ0n) is 34.3. The lowest BCUT2D eigenvalue weighted by atomic mass is 10.0. The normalized spacial score (nSPS) is 21.0. The van der Waals surface area contributed by atoms with E-state index in [1.165, 1.54) is 35.7 Å². The fourth-order valence-corrected chi connectivity index (χ4v) is 8.19. The largest absolute Gasteiger partial charge is 0.508 e. The van der Waals surface area contributed by atoms with Crippen LogP contribution >= 0.6 is 23.5 Å². The monoisotopic (exact) mass is 885 g/mol. The smallest absolute Gasteiger partial charge is 0.305 e. The summed E-state index contributed by atoms with van der Waals surface area (Å²) in [6, 6.07) is 5.75. The third-order valence-electron chi connectivity index (χ3n) is 9.79. The molecule has 0 radical (unpaired) electrons. The minimum Gasteiger partial charge on any atom is -0.508 e. The van der Waals surface area contributed by atoms with Gasteiger partial charge in [0.05, 0.1) is 13.0 Å². The summed E-state index contributed by atoms with van der Waals surface area (Å²) in [5.74, 6) is -4.00.